The molecule has 2 fully saturated rings. The molecule has 7 rings (SSSR count). The molecule has 2 saturated heterocycles. The van der Waals surface area contributed by atoms with E-state index in [0.29, 0.717) is 64.2 Å². The maximum absolute atomic E-state index is 13.5. The second-order valence-electron chi connectivity index (χ2n) is 10.9. The Labute approximate surface area is 247 Å². The number of hydrogen-bond acceptors (Lipinski definition) is 10. The van der Waals surface area contributed by atoms with Crippen LogP contribution in [0.25, 0.3) is 0 Å². The molecule has 4 aliphatic heterocycles. The Hall–Kier alpha value is -4.94. The van der Waals surface area contributed by atoms with E-state index in [1.54, 1.807) is 54.3 Å². The highest BCUT2D eigenvalue weighted by atomic mass is 16.5. The predicted molar refractivity (Wildman–Crippen MR) is 156 cm³/mol. The van der Waals surface area contributed by atoms with E-state index in [9.17, 15) is 9.59 Å². The summed E-state index contributed by atoms with van der Waals surface area (Å²) in [5.41, 5.74) is 2.69. The number of carbonyl (C=O) groups excluding carboxylic acids is 2. The molecule has 0 unspecified atom stereocenters. The summed E-state index contributed by atoms with van der Waals surface area (Å²) in [5, 5.41) is 8.65. The van der Waals surface area contributed by atoms with Crippen molar-refractivity contribution in [2.75, 3.05) is 34.4 Å². The molecule has 0 aliphatic carbocycles. The van der Waals surface area contributed by atoms with Crippen molar-refractivity contribution < 1.29 is 28.5 Å². The first-order valence-corrected chi connectivity index (χ1v) is 14.2. The minimum atomic E-state index is -0.186. The van der Waals surface area contributed by atoms with Crippen LogP contribution in [0.1, 0.15) is 51.7 Å². The van der Waals surface area contributed by atoms with Crippen molar-refractivity contribution in [3.63, 3.8) is 0 Å². The highest BCUT2D eigenvalue weighted by Gasteiger charge is 2.39. The van der Waals surface area contributed by atoms with Crippen molar-refractivity contribution in [3.05, 3.63) is 47.3 Å². The molecule has 43 heavy (non-hydrogen) atoms. The number of methoxy groups -OCH3 is 3. The Morgan fingerprint density at radius 2 is 1.44 bits per heavy atom. The number of amides is 2. The highest BCUT2D eigenvalue weighted by Crippen LogP contribution is 2.40. The van der Waals surface area contributed by atoms with Crippen LogP contribution in [-0.2, 0) is 6.61 Å². The third-order valence-electron chi connectivity index (χ3n) is 8.47. The van der Waals surface area contributed by atoms with E-state index in [-0.39, 0.29) is 36.5 Å². The van der Waals surface area contributed by atoms with Gasteiger partial charge >= 0.3 is 0 Å². The van der Waals surface area contributed by atoms with Gasteiger partial charge in [0.2, 0.25) is 0 Å². The second-order valence-corrected chi connectivity index (χ2v) is 10.9. The smallest absolute Gasteiger partial charge is 0.256 e. The third-order valence-corrected chi connectivity index (χ3v) is 8.47. The van der Waals surface area contributed by atoms with E-state index >= 15 is 0 Å². The summed E-state index contributed by atoms with van der Waals surface area (Å²) in [7, 11) is 4.63. The molecule has 13 heteroatoms. The van der Waals surface area contributed by atoms with Gasteiger partial charge in [-0.1, -0.05) is 5.21 Å². The van der Waals surface area contributed by atoms with E-state index < -0.39 is 0 Å². The molecule has 13 nitrogen and oxygen atoms in total. The van der Waals surface area contributed by atoms with Crippen LogP contribution in [-0.4, -0.2) is 95.5 Å². The summed E-state index contributed by atoms with van der Waals surface area (Å²) in [6.07, 6.45) is 8.00. The van der Waals surface area contributed by atoms with Crippen molar-refractivity contribution >= 4 is 35.6 Å². The van der Waals surface area contributed by atoms with Crippen LogP contribution in [0.4, 0.5) is 11.4 Å². The average molecular weight is 586 g/mol. The Morgan fingerprint density at radius 3 is 2.16 bits per heavy atom. The van der Waals surface area contributed by atoms with Crippen molar-refractivity contribution in [2.45, 2.75) is 44.0 Å². The summed E-state index contributed by atoms with van der Waals surface area (Å²) in [5.74, 6) is 1.74. The first kappa shape index (κ1) is 26.9. The molecular formula is C30H31N7O6. The number of aromatic nitrogens is 3. The van der Waals surface area contributed by atoms with Crippen molar-refractivity contribution in [1.82, 2.24) is 24.8 Å². The van der Waals surface area contributed by atoms with E-state index in [0.717, 1.165) is 19.4 Å². The van der Waals surface area contributed by atoms with Crippen molar-refractivity contribution in [1.29, 1.82) is 0 Å². The molecule has 0 bridgehead atoms. The molecule has 222 valence electrons. The van der Waals surface area contributed by atoms with Crippen LogP contribution in [0.2, 0.25) is 0 Å². The molecule has 0 radical (unpaired) electrons. The SMILES string of the molecule is COc1cc2c(cc1OC)C(=O)N1C[C@@H](n3cc(COc4cc5c(cc4OC)C(=O)N4CCC[C@H]4C=N5)nn3)C[C@H]1C=N2. The van der Waals surface area contributed by atoms with Crippen molar-refractivity contribution in [3.8, 4) is 23.0 Å². The number of benzene rings is 2. The monoisotopic (exact) mass is 585 g/mol. The zero-order valence-corrected chi connectivity index (χ0v) is 24.1. The fraction of sp³-hybridized carbons (Fsp3) is 0.400. The number of rotatable bonds is 7. The summed E-state index contributed by atoms with van der Waals surface area (Å²) in [6.45, 7) is 1.31. The predicted octanol–water partition coefficient (Wildman–Crippen LogP) is 3.38. The number of nitrogens with zero attached hydrogens (tertiary/aromatic N) is 7. The standard InChI is InChI=1S/C30H31N7O6/c1-40-25-8-22-23(10-27(25)42-3)32-13-19-7-20(15-36(19)30(22)39)37-14-17(33-34-37)16-43-28-11-24-21(9-26(28)41-2)29(38)35-6-4-5-18(35)12-31-24/h8-14,18-20H,4-7,15-16H2,1-3H3/t18-,19-,20-/m0/s1. The topological polar surface area (TPSA) is 133 Å². The van der Waals surface area contributed by atoms with Gasteiger partial charge in [-0.15, -0.1) is 5.10 Å². The lowest BCUT2D eigenvalue weighted by atomic mass is 10.1. The lowest BCUT2D eigenvalue weighted by molar-refractivity contribution is 0.0763. The minimum absolute atomic E-state index is 0.0214. The molecule has 0 saturated carbocycles. The van der Waals surface area contributed by atoms with Crippen LogP contribution < -0.4 is 18.9 Å². The van der Waals surface area contributed by atoms with Crippen LogP contribution in [0.5, 0.6) is 23.0 Å². The molecule has 0 N–H and O–H groups in total. The van der Waals surface area contributed by atoms with Gasteiger partial charge in [-0.25, -0.2) is 4.68 Å². The number of fused-ring (bicyclic) bond motifs is 4. The maximum Gasteiger partial charge on any atom is 0.256 e. The largest absolute Gasteiger partial charge is 0.493 e. The molecule has 2 aromatic carbocycles. The van der Waals surface area contributed by atoms with Gasteiger partial charge < -0.3 is 28.7 Å². The Balaban J connectivity index is 1.06. The Morgan fingerprint density at radius 1 is 0.814 bits per heavy atom. The van der Waals surface area contributed by atoms with Gasteiger partial charge in [0.1, 0.15) is 12.3 Å². The Bertz CT molecular complexity index is 1670. The zero-order chi connectivity index (χ0) is 29.7. The van der Waals surface area contributed by atoms with Crippen molar-refractivity contribution in [2.24, 2.45) is 9.98 Å². The normalized spacial score (nSPS) is 22.0. The summed E-state index contributed by atoms with van der Waals surface area (Å²) < 4.78 is 24.2. The van der Waals surface area contributed by atoms with Gasteiger partial charge in [-0.2, -0.15) is 0 Å². The lowest BCUT2D eigenvalue weighted by Crippen LogP contribution is -2.35. The van der Waals surface area contributed by atoms with Gasteiger partial charge in [-0.3, -0.25) is 19.6 Å². The fourth-order valence-electron chi connectivity index (χ4n) is 6.21. The second kappa shape index (κ2) is 10.7. The molecule has 2 amide bonds. The third kappa shape index (κ3) is 4.64. The van der Waals surface area contributed by atoms with Crippen LogP contribution >= 0.6 is 0 Å². The van der Waals surface area contributed by atoms with Crippen LogP contribution in [0.15, 0.2) is 40.4 Å². The number of hydrogen-bond donors (Lipinski definition) is 0. The van der Waals surface area contributed by atoms with Gasteiger partial charge in [0.25, 0.3) is 11.8 Å². The van der Waals surface area contributed by atoms with Gasteiger partial charge in [0.15, 0.2) is 23.0 Å². The zero-order valence-electron chi connectivity index (χ0n) is 24.1. The minimum Gasteiger partial charge on any atom is -0.493 e. The molecule has 5 heterocycles. The van der Waals surface area contributed by atoms with Gasteiger partial charge in [-0.05, 0) is 31.4 Å². The number of ether oxygens (including phenoxy) is 4. The molecule has 3 aromatic rings. The van der Waals surface area contributed by atoms with E-state index in [4.69, 9.17) is 18.9 Å². The lowest BCUT2D eigenvalue weighted by Gasteiger charge is -2.20. The fourth-order valence-corrected chi connectivity index (χ4v) is 6.21. The summed E-state index contributed by atoms with van der Waals surface area (Å²) in [6, 6.07) is 6.58. The van der Waals surface area contributed by atoms with Gasteiger partial charge in [0, 0.05) is 37.7 Å². The molecule has 4 aliphatic rings. The van der Waals surface area contributed by atoms with Crippen LogP contribution in [0, 0.1) is 0 Å². The van der Waals surface area contributed by atoms with E-state index in [1.165, 1.54) is 7.11 Å². The molecule has 3 atom stereocenters. The number of aliphatic imine (C=N–C) groups is 2. The molecular weight excluding hydrogens is 554 g/mol. The summed E-state index contributed by atoms with van der Waals surface area (Å²) >= 11 is 0. The van der Waals surface area contributed by atoms with E-state index in [1.807, 2.05) is 17.3 Å². The summed E-state index contributed by atoms with van der Waals surface area (Å²) in [4.78, 5) is 39.5. The van der Waals surface area contributed by atoms with Gasteiger partial charge in [0.05, 0.1) is 68.2 Å². The van der Waals surface area contributed by atoms with E-state index in [2.05, 4.69) is 20.3 Å². The van der Waals surface area contributed by atoms with Crippen LogP contribution in [0.3, 0.4) is 0 Å². The number of carbonyl (C=O) groups is 2. The first-order chi connectivity index (χ1) is 21.0. The maximum atomic E-state index is 13.5. The average Bonchev–Trinajstić information content (AvgIpc) is 3.77. The Kier molecular flexibility index (Phi) is 6.71. The molecule has 0 spiro atoms. The first-order valence-electron chi connectivity index (χ1n) is 14.2. The molecule has 1 aromatic heterocycles. The quantitative estimate of drug-likeness (QED) is 0.412. The highest BCUT2D eigenvalue weighted by molar-refractivity contribution is 6.04.